The van der Waals surface area contributed by atoms with Crippen molar-refractivity contribution >= 4 is 26.5 Å². The quantitative estimate of drug-likeness (QED) is 0.490. The zero-order valence-corrected chi connectivity index (χ0v) is 17.9. The molecular weight excluding hydrogens is 408 g/mol. The Morgan fingerprint density at radius 3 is 2.52 bits per heavy atom. The molecule has 3 aromatic carbocycles. The Morgan fingerprint density at radius 1 is 0.935 bits per heavy atom. The van der Waals surface area contributed by atoms with Crippen molar-refractivity contribution in [3.8, 4) is 0 Å². The number of carbonyl (C=O) groups is 1. The molecule has 6 heteroatoms. The normalized spacial score (nSPS) is 11.4. The van der Waals surface area contributed by atoms with Crippen LogP contribution in [0, 0.1) is 6.92 Å². The van der Waals surface area contributed by atoms with E-state index in [-0.39, 0.29) is 16.6 Å². The predicted octanol–water partition coefficient (Wildman–Crippen LogP) is 4.45. The van der Waals surface area contributed by atoms with Gasteiger partial charge in [0.05, 0.1) is 10.6 Å². The van der Waals surface area contributed by atoms with Crippen LogP contribution in [0.25, 0.3) is 10.8 Å². The minimum absolute atomic E-state index is 0.166. The number of pyridine rings is 1. The highest BCUT2D eigenvalue weighted by Crippen LogP contribution is 2.24. The zero-order valence-electron chi connectivity index (χ0n) is 17.1. The van der Waals surface area contributed by atoms with Crippen LogP contribution in [0.5, 0.6) is 0 Å². The second-order valence-electron chi connectivity index (χ2n) is 7.45. The first-order valence-corrected chi connectivity index (χ1v) is 11.6. The van der Waals surface area contributed by atoms with Gasteiger partial charge in [-0.15, -0.1) is 0 Å². The van der Waals surface area contributed by atoms with E-state index in [4.69, 9.17) is 0 Å². The van der Waals surface area contributed by atoms with E-state index in [1.54, 1.807) is 42.7 Å². The zero-order chi connectivity index (χ0) is 21.8. The highest BCUT2D eigenvalue weighted by Gasteiger charge is 2.18. The van der Waals surface area contributed by atoms with Crippen LogP contribution < -0.4 is 5.32 Å². The minimum atomic E-state index is -3.56. The Balaban J connectivity index is 1.55. The summed E-state index contributed by atoms with van der Waals surface area (Å²) >= 11 is 0. The maximum Gasteiger partial charge on any atom is 0.251 e. The summed E-state index contributed by atoms with van der Waals surface area (Å²) in [6.07, 6.45) is 3.37. The molecule has 0 saturated heterocycles. The molecule has 1 amide bonds. The summed E-state index contributed by atoms with van der Waals surface area (Å²) < 4.78 is 26.2. The van der Waals surface area contributed by atoms with Crippen LogP contribution in [0.1, 0.15) is 27.0 Å². The number of nitrogens with zero attached hydrogens (tertiary/aromatic N) is 1. The maximum atomic E-state index is 13.1. The molecule has 0 aliphatic carbocycles. The molecule has 0 fully saturated rings. The Labute approximate surface area is 181 Å². The number of carbonyl (C=O) groups excluding carboxylic acids is 1. The molecule has 1 N–H and O–H groups in total. The summed E-state index contributed by atoms with van der Waals surface area (Å²) in [6.45, 7) is 2.20. The highest BCUT2D eigenvalue weighted by molar-refractivity contribution is 7.90. The third-order valence-corrected chi connectivity index (χ3v) is 6.88. The van der Waals surface area contributed by atoms with Crippen molar-refractivity contribution in [1.29, 1.82) is 0 Å². The largest absolute Gasteiger partial charge is 0.348 e. The van der Waals surface area contributed by atoms with Gasteiger partial charge in [0.25, 0.3) is 5.91 Å². The summed E-state index contributed by atoms with van der Waals surface area (Å²) in [5.74, 6) is -0.422. The van der Waals surface area contributed by atoms with Gasteiger partial charge in [0.1, 0.15) is 0 Å². The molecule has 0 aliphatic heterocycles. The van der Waals surface area contributed by atoms with Gasteiger partial charge >= 0.3 is 0 Å². The number of rotatable bonds is 6. The van der Waals surface area contributed by atoms with Gasteiger partial charge in [-0.1, -0.05) is 42.5 Å². The first-order valence-electron chi connectivity index (χ1n) is 9.90. The molecule has 0 spiro atoms. The number of aryl methyl sites for hydroxylation is 1. The van der Waals surface area contributed by atoms with Crippen LogP contribution in [0.15, 0.2) is 90.1 Å². The topological polar surface area (TPSA) is 76.1 Å². The molecule has 31 heavy (non-hydrogen) atoms. The van der Waals surface area contributed by atoms with E-state index in [2.05, 4.69) is 10.3 Å². The molecular formula is C25H22N2O3S. The van der Waals surface area contributed by atoms with Crippen LogP contribution >= 0.6 is 0 Å². The molecule has 1 aromatic heterocycles. The summed E-state index contributed by atoms with van der Waals surface area (Å²) in [7, 11) is -3.56. The second-order valence-corrected chi connectivity index (χ2v) is 9.44. The molecule has 156 valence electrons. The van der Waals surface area contributed by atoms with E-state index >= 15 is 0 Å². The Hall–Kier alpha value is -3.51. The van der Waals surface area contributed by atoms with Crippen LogP contribution in [0.4, 0.5) is 0 Å². The van der Waals surface area contributed by atoms with Crippen molar-refractivity contribution < 1.29 is 13.2 Å². The molecule has 0 unspecified atom stereocenters. The monoisotopic (exact) mass is 430 g/mol. The smallest absolute Gasteiger partial charge is 0.251 e. The number of hydrogen-bond donors (Lipinski definition) is 1. The van der Waals surface area contributed by atoms with E-state index in [0.29, 0.717) is 17.7 Å². The molecule has 0 bridgehead atoms. The van der Waals surface area contributed by atoms with Gasteiger partial charge in [-0.25, -0.2) is 8.42 Å². The van der Waals surface area contributed by atoms with Crippen LogP contribution in [-0.4, -0.2) is 19.3 Å². The lowest BCUT2D eigenvalue weighted by Gasteiger charge is -2.11. The number of amides is 1. The van der Waals surface area contributed by atoms with Crippen molar-refractivity contribution in [2.75, 3.05) is 0 Å². The Morgan fingerprint density at radius 2 is 1.74 bits per heavy atom. The molecule has 0 saturated carbocycles. The predicted molar refractivity (Wildman–Crippen MR) is 121 cm³/mol. The highest BCUT2D eigenvalue weighted by atomic mass is 32.2. The van der Waals surface area contributed by atoms with Crippen molar-refractivity contribution in [3.05, 3.63) is 107 Å². The average molecular weight is 431 g/mol. The standard InChI is InChI=1S/C25H22N2O3S/c1-18-8-9-22(25(28)27-16-19-5-4-12-26-15-19)13-23(18)17-31(29,30)24-11-10-20-6-2-3-7-21(20)14-24/h2-15H,16-17H2,1H3,(H,27,28). The molecule has 0 atom stereocenters. The van der Waals surface area contributed by atoms with E-state index in [0.717, 1.165) is 21.9 Å². The van der Waals surface area contributed by atoms with Crippen molar-refractivity contribution in [2.24, 2.45) is 0 Å². The SMILES string of the molecule is Cc1ccc(C(=O)NCc2cccnc2)cc1CS(=O)(=O)c1ccc2ccccc2c1. The lowest BCUT2D eigenvalue weighted by Crippen LogP contribution is -2.23. The van der Waals surface area contributed by atoms with E-state index in [9.17, 15) is 13.2 Å². The Kier molecular flexibility index (Phi) is 5.82. The fourth-order valence-corrected chi connectivity index (χ4v) is 4.87. The van der Waals surface area contributed by atoms with Crippen molar-refractivity contribution in [3.63, 3.8) is 0 Å². The summed E-state index contributed by atoms with van der Waals surface area (Å²) in [5.41, 5.74) is 2.76. The van der Waals surface area contributed by atoms with Gasteiger partial charge in [-0.3, -0.25) is 9.78 Å². The Bertz CT molecular complexity index is 1350. The molecule has 4 aromatic rings. The van der Waals surface area contributed by atoms with E-state index in [1.807, 2.05) is 49.4 Å². The van der Waals surface area contributed by atoms with E-state index in [1.165, 1.54) is 0 Å². The lowest BCUT2D eigenvalue weighted by molar-refractivity contribution is 0.0950. The first kappa shape index (κ1) is 20.8. The molecule has 0 aliphatic rings. The summed E-state index contributed by atoms with van der Waals surface area (Å²) in [5, 5.41) is 4.72. The third-order valence-electron chi connectivity index (χ3n) is 5.21. The van der Waals surface area contributed by atoms with Gasteiger partial charge in [0.15, 0.2) is 9.84 Å². The molecule has 5 nitrogen and oxygen atoms in total. The van der Waals surface area contributed by atoms with Crippen LogP contribution in [0.2, 0.25) is 0 Å². The summed E-state index contributed by atoms with van der Waals surface area (Å²) in [6, 6.07) is 21.6. The average Bonchev–Trinajstić information content (AvgIpc) is 2.79. The maximum absolute atomic E-state index is 13.1. The number of aromatic nitrogens is 1. The van der Waals surface area contributed by atoms with Gasteiger partial charge in [0, 0.05) is 24.5 Å². The number of fused-ring (bicyclic) bond motifs is 1. The van der Waals surface area contributed by atoms with Crippen LogP contribution in [0.3, 0.4) is 0 Å². The fourth-order valence-electron chi connectivity index (χ4n) is 3.40. The fraction of sp³-hybridized carbons (Fsp3) is 0.120. The second kappa shape index (κ2) is 8.70. The van der Waals surface area contributed by atoms with Gasteiger partial charge in [-0.2, -0.15) is 0 Å². The number of benzene rings is 3. The lowest BCUT2D eigenvalue weighted by atomic mass is 10.1. The van der Waals surface area contributed by atoms with Crippen LogP contribution in [-0.2, 0) is 22.1 Å². The molecule has 0 radical (unpaired) electrons. The van der Waals surface area contributed by atoms with E-state index < -0.39 is 9.84 Å². The minimum Gasteiger partial charge on any atom is -0.348 e. The van der Waals surface area contributed by atoms with Gasteiger partial charge < -0.3 is 5.32 Å². The molecule has 4 rings (SSSR count). The number of sulfone groups is 1. The van der Waals surface area contributed by atoms with Crippen molar-refractivity contribution in [1.82, 2.24) is 10.3 Å². The third kappa shape index (κ3) is 4.81. The van der Waals surface area contributed by atoms with Crippen molar-refractivity contribution in [2.45, 2.75) is 24.1 Å². The van der Waals surface area contributed by atoms with Gasteiger partial charge in [-0.05, 0) is 64.7 Å². The summed E-state index contributed by atoms with van der Waals surface area (Å²) in [4.78, 5) is 16.9. The molecule has 1 heterocycles. The van der Waals surface area contributed by atoms with Gasteiger partial charge in [0.2, 0.25) is 0 Å². The number of nitrogens with one attached hydrogen (secondary N) is 1. The first-order chi connectivity index (χ1) is 14.9. The number of hydrogen-bond acceptors (Lipinski definition) is 4.